The van der Waals surface area contributed by atoms with Crippen LogP contribution in [0.4, 0.5) is 11.7 Å². The summed E-state index contributed by atoms with van der Waals surface area (Å²) in [6.07, 6.45) is 2.30. The molecule has 0 aliphatic carbocycles. The molecule has 4 rings (SSSR count). The highest BCUT2D eigenvalue weighted by atomic mass is 32.2. The molecule has 1 aromatic heterocycles. The van der Waals surface area contributed by atoms with Crippen molar-refractivity contribution in [1.82, 2.24) is 10.2 Å². The highest BCUT2D eigenvalue weighted by Crippen LogP contribution is 2.32. The summed E-state index contributed by atoms with van der Waals surface area (Å²) in [4.78, 5) is 28.0. The number of benzene rings is 2. The van der Waals surface area contributed by atoms with Gasteiger partial charge in [-0.05, 0) is 53.6 Å². The highest BCUT2D eigenvalue weighted by molar-refractivity contribution is 7.98. The van der Waals surface area contributed by atoms with Gasteiger partial charge in [0.1, 0.15) is 0 Å². The Labute approximate surface area is 191 Å². The van der Waals surface area contributed by atoms with Gasteiger partial charge in [-0.3, -0.25) is 14.9 Å². The molecule has 1 aliphatic rings. The van der Waals surface area contributed by atoms with Gasteiger partial charge in [-0.25, -0.2) is 0 Å². The summed E-state index contributed by atoms with van der Waals surface area (Å²) in [6.45, 7) is 6.82. The van der Waals surface area contributed by atoms with Crippen molar-refractivity contribution in [3.63, 3.8) is 0 Å². The molecule has 1 saturated heterocycles. The minimum atomic E-state index is -0.321. The first kappa shape index (κ1) is 22.1. The van der Waals surface area contributed by atoms with Crippen LogP contribution in [0.1, 0.15) is 54.9 Å². The number of nitrogens with zero attached hydrogens (tertiary/aromatic N) is 3. The first-order valence-corrected chi connectivity index (χ1v) is 11.7. The van der Waals surface area contributed by atoms with E-state index < -0.39 is 0 Å². The van der Waals surface area contributed by atoms with Crippen molar-refractivity contribution in [2.24, 2.45) is 0 Å². The molecule has 0 unspecified atom stereocenters. The molecule has 7 nitrogen and oxygen atoms in total. The Hall–Kier alpha value is -3.13. The second-order valence-corrected chi connectivity index (χ2v) is 9.71. The second kappa shape index (κ2) is 8.78. The first-order chi connectivity index (χ1) is 15.2. The summed E-state index contributed by atoms with van der Waals surface area (Å²) in [5, 5.41) is 10.7. The Morgan fingerprint density at radius 3 is 2.41 bits per heavy atom. The second-order valence-electron chi connectivity index (χ2n) is 8.83. The molecule has 2 heterocycles. The van der Waals surface area contributed by atoms with E-state index in [1.165, 1.54) is 0 Å². The third-order valence-corrected chi connectivity index (χ3v) is 6.28. The SMILES string of the molecule is CSc1ccc(N2C[C@H](c3nnc(NC(=O)c4ccc(C(C)(C)C)cc4)o3)CC2=O)cc1. The predicted octanol–water partition coefficient (Wildman–Crippen LogP) is 4.86. The zero-order chi connectivity index (χ0) is 22.9. The summed E-state index contributed by atoms with van der Waals surface area (Å²) in [5.74, 6) is -0.180. The number of hydrogen-bond acceptors (Lipinski definition) is 6. The molecule has 3 aromatic rings. The Kier molecular flexibility index (Phi) is 6.06. The van der Waals surface area contributed by atoms with Crippen LogP contribution >= 0.6 is 11.8 Å². The number of rotatable bonds is 5. The molecular formula is C24H26N4O3S. The van der Waals surface area contributed by atoms with E-state index in [-0.39, 0.29) is 35.6 Å². The maximum atomic E-state index is 12.5. The van der Waals surface area contributed by atoms with E-state index in [9.17, 15) is 9.59 Å². The number of carbonyl (C=O) groups is 2. The molecule has 32 heavy (non-hydrogen) atoms. The quantitative estimate of drug-likeness (QED) is 0.559. The summed E-state index contributed by atoms with van der Waals surface area (Å²) < 4.78 is 5.67. The van der Waals surface area contributed by atoms with Crippen molar-refractivity contribution in [2.75, 3.05) is 23.0 Å². The molecule has 166 valence electrons. The van der Waals surface area contributed by atoms with E-state index in [2.05, 4.69) is 36.3 Å². The largest absolute Gasteiger partial charge is 0.407 e. The number of nitrogens with one attached hydrogen (secondary N) is 1. The number of thioether (sulfide) groups is 1. The number of hydrogen-bond donors (Lipinski definition) is 1. The van der Waals surface area contributed by atoms with Crippen molar-refractivity contribution in [1.29, 1.82) is 0 Å². The van der Waals surface area contributed by atoms with Gasteiger partial charge in [-0.15, -0.1) is 16.9 Å². The van der Waals surface area contributed by atoms with Crippen molar-refractivity contribution in [2.45, 2.75) is 43.4 Å². The molecular weight excluding hydrogens is 424 g/mol. The van der Waals surface area contributed by atoms with Crippen molar-refractivity contribution >= 4 is 35.3 Å². The van der Waals surface area contributed by atoms with Gasteiger partial charge in [-0.2, -0.15) is 0 Å². The molecule has 0 spiro atoms. The third kappa shape index (κ3) is 4.70. The summed E-state index contributed by atoms with van der Waals surface area (Å²) in [5.41, 5.74) is 2.52. The molecule has 1 fully saturated rings. The lowest BCUT2D eigenvalue weighted by Gasteiger charge is -2.18. The van der Waals surface area contributed by atoms with Crippen molar-refractivity contribution < 1.29 is 14.0 Å². The Morgan fingerprint density at radius 1 is 1.09 bits per heavy atom. The minimum Gasteiger partial charge on any atom is -0.407 e. The third-order valence-electron chi connectivity index (χ3n) is 5.53. The average Bonchev–Trinajstić information content (AvgIpc) is 3.40. The van der Waals surface area contributed by atoms with Crippen LogP contribution < -0.4 is 10.2 Å². The molecule has 0 bridgehead atoms. The molecule has 8 heteroatoms. The van der Waals surface area contributed by atoms with Gasteiger partial charge in [0.2, 0.25) is 11.8 Å². The normalized spacial score (nSPS) is 16.4. The standard InChI is InChI=1S/C24H26N4O3S/c1-24(2,3)17-7-5-15(6-8-17)21(30)25-23-27-26-22(31-23)16-13-20(29)28(14-16)18-9-11-19(32-4)12-10-18/h5-12,16H,13-14H2,1-4H3,(H,25,27,30)/t16-/m1/s1. The Bertz CT molecular complexity index is 1120. The maximum absolute atomic E-state index is 12.5. The van der Waals surface area contributed by atoms with Gasteiger partial charge in [0, 0.05) is 29.1 Å². The summed E-state index contributed by atoms with van der Waals surface area (Å²) >= 11 is 1.65. The monoisotopic (exact) mass is 450 g/mol. The fourth-order valence-electron chi connectivity index (χ4n) is 3.63. The van der Waals surface area contributed by atoms with E-state index in [0.717, 1.165) is 16.1 Å². The fourth-order valence-corrected chi connectivity index (χ4v) is 4.03. The van der Waals surface area contributed by atoms with Gasteiger partial charge in [-0.1, -0.05) is 38.0 Å². The topological polar surface area (TPSA) is 88.3 Å². The smallest absolute Gasteiger partial charge is 0.322 e. The van der Waals surface area contributed by atoms with Crippen LogP contribution in [0.3, 0.4) is 0 Å². The van der Waals surface area contributed by atoms with Gasteiger partial charge in [0.25, 0.3) is 5.91 Å². The molecule has 1 atom stereocenters. The number of carbonyl (C=O) groups excluding carboxylic acids is 2. The van der Waals surface area contributed by atoms with Gasteiger partial charge < -0.3 is 9.32 Å². The number of amides is 2. The zero-order valence-corrected chi connectivity index (χ0v) is 19.4. The molecule has 2 amide bonds. The zero-order valence-electron chi connectivity index (χ0n) is 18.6. The first-order valence-electron chi connectivity index (χ1n) is 10.4. The van der Waals surface area contributed by atoms with Crippen LogP contribution in [0.2, 0.25) is 0 Å². The molecule has 0 radical (unpaired) electrons. The van der Waals surface area contributed by atoms with E-state index in [4.69, 9.17) is 4.42 Å². The van der Waals surface area contributed by atoms with Crippen molar-refractivity contribution in [3.05, 3.63) is 65.5 Å². The molecule has 1 aliphatic heterocycles. The van der Waals surface area contributed by atoms with Crippen LogP contribution in [0.5, 0.6) is 0 Å². The van der Waals surface area contributed by atoms with Crippen LogP contribution in [0, 0.1) is 0 Å². The number of anilines is 2. The maximum Gasteiger partial charge on any atom is 0.322 e. The Morgan fingerprint density at radius 2 is 1.78 bits per heavy atom. The predicted molar refractivity (Wildman–Crippen MR) is 125 cm³/mol. The molecule has 1 N–H and O–H groups in total. The highest BCUT2D eigenvalue weighted by Gasteiger charge is 2.35. The van der Waals surface area contributed by atoms with Crippen molar-refractivity contribution in [3.8, 4) is 0 Å². The van der Waals surface area contributed by atoms with Crippen LogP contribution in [-0.2, 0) is 10.2 Å². The minimum absolute atomic E-state index is 0.00891. The lowest BCUT2D eigenvalue weighted by molar-refractivity contribution is -0.117. The lowest BCUT2D eigenvalue weighted by Crippen LogP contribution is -2.24. The van der Waals surface area contributed by atoms with E-state index in [0.29, 0.717) is 18.0 Å². The van der Waals surface area contributed by atoms with E-state index in [1.54, 1.807) is 28.8 Å². The van der Waals surface area contributed by atoms with Crippen LogP contribution in [-0.4, -0.2) is 34.8 Å². The van der Waals surface area contributed by atoms with Crippen LogP contribution in [0.15, 0.2) is 57.8 Å². The summed E-state index contributed by atoms with van der Waals surface area (Å²) in [7, 11) is 0. The molecule has 2 aromatic carbocycles. The van der Waals surface area contributed by atoms with E-state index >= 15 is 0 Å². The van der Waals surface area contributed by atoms with Gasteiger partial charge in [0.15, 0.2) is 0 Å². The Balaban J connectivity index is 1.41. The van der Waals surface area contributed by atoms with Gasteiger partial charge in [0.05, 0.1) is 5.92 Å². The fraction of sp³-hybridized carbons (Fsp3) is 0.333. The van der Waals surface area contributed by atoms with E-state index in [1.807, 2.05) is 42.7 Å². The summed E-state index contributed by atoms with van der Waals surface area (Å²) in [6, 6.07) is 15.3. The average molecular weight is 451 g/mol. The lowest BCUT2D eigenvalue weighted by atomic mass is 9.87. The van der Waals surface area contributed by atoms with Gasteiger partial charge >= 0.3 is 6.01 Å². The number of aromatic nitrogens is 2. The molecule has 0 saturated carbocycles. The van der Waals surface area contributed by atoms with Crippen LogP contribution in [0.25, 0.3) is 0 Å².